The number of carbonyl (C=O) groups excluding carboxylic acids is 1. The highest BCUT2D eigenvalue weighted by Gasteiger charge is 2.25. The van der Waals surface area contributed by atoms with E-state index in [0.29, 0.717) is 23.9 Å². The van der Waals surface area contributed by atoms with Crippen LogP contribution in [0.1, 0.15) is 58.8 Å². The van der Waals surface area contributed by atoms with E-state index in [1.54, 1.807) is 7.11 Å². The van der Waals surface area contributed by atoms with E-state index in [2.05, 4.69) is 28.3 Å². The first kappa shape index (κ1) is 21.2. The number of amides is 1. The quantitative estimate of drug-likeness (QED) is 0.564. The highest BCUT2D eigenvalue weighted by molar-refractivity contribution is 6.01. The topological polar surface area (TPSA) is 67.0 Å². The molecule has 5 heteroatoms. The van der Waals surface area contributed by atoms with Crippen LogP contribution in [0.5, 0.6) is 5.75 Å². The first-order valence-electron chi connectivity index (χ1n) is 11.1. The van der Waals surface area contributed by atoms with Crippen molar-refractivity contribution in [2.24, 2.45) is 5.92 Å². The van der Waals surface area contributed by atoms with Crippen LogP contribution < -0.4 is 10.1 Å². The summed E-state index contributed by atoms with van der Waals surface area (Å²) < 4.78 is 5.50. The zero-order chi connectivity index (χ0) is 21.8. The molecule has 0 saturated heterocycles. The summed E-state index contributed by atoms with van der Waals surface area (Å²) >= 11 is 0. The molecule has 0 aliphatic heterocycles. The Hall–Kier alpha value is -3.08. The van der Waals surface area contributed by atoms with Crippen LogP contribution in [0, 0.1) is 19.8 Å². The number of hydrogen-bond acceptors (Lipinski definition) is 3. The second kappa shape index (κ2) is 9.38. The van der Waals surface area contributed by atoms with Gasteiger partial charge in [-0.2, -0.15) is 0 Å². The van der Waals surface area contributed by atoms with Crippen molar-refractivity contribution < 1.29 is 9.53 Å². The minimum absolute atomic E-state index is 0.0320. The third kappa shape index (κ3) is 4.66. The second-order valence-corrected chi connectivity index (χ2v) is 8.60. The number of hydrogen-bond donors (Lipinski definition) is 2. The molecular formula is C26H31N3O2. The predicted octanol–water partition coefficient (Wildman–Crippen LogP) is 5.41. The molecular weight excluding hydrogens is 386 g/mol. The predicted molar refractivity (Wildman–Crippen MR) is 124 cm³/mol. The highest BCUT2D eigenvalue weighted by Crippen LogP contribution is 2.37. The molecule has 2 aromatic heterocycles. The van der Waals surface area contributed by atoms with Gasteiger partial charge in [0, 0.05) is 30.2 Å². The normalized spacial score (nSPS) is 18.5. The van der Waals surface area contributed by atoms with Gasteiger partial charge in [0.05, 0.1) is 18.4 Å². The largest absolute Gasteiger partial charge is 0.496 e. The van der Waals surface area contributed by atoms with Gasteiger partial charge >= 0.3 is 0 Å². The number of nitrogens with zero attached hydrogens (tertiary/aromatic N) is 1. The molecule has 0 atom stereocenters. The summed E-state index contributed by atoms with van der Waals surface area (Å²) in [5.41, 5.74) is 6.05. The number of H-pyrrole nitrogens is 1. The molecule has 0 spiro atoms. The van der Waals surface area contributed by atoms with Crippen LogP contribution >= 0.6 is 0 Å². The Morgan fingerprint density at radius 3 is 2.68 bits per heavy atom. The van der Waals surface area contributed by atoms with Crippen LogP contribution in [0.2, 0.25) is 0 Å². The molecule has 31 heavy (non-hydrogen) atoms. The zero-order valence-electron chi connectivity index (χ0n) is 18.6. The SMILES string of the molecule is COc1ccccc1-c1[nH]c(C)cc1C(=O)NCC1CCC(c2cnccc2C)CC1. The van der Waals surface area contributed by atoms with E-state index in [0.717, 1.165) is 48.4 Å². The highest BCUT2D eigenvalue weighted by atomic mass is 16.5. The fourth-order valence-corrected chi connectivity index (χ4v) is 4.75. The number of aryl methyl sites for hydroxylation is 2. The Morgan fingerprint density at radius 2 is 1.94 bits per heavy atom. The van der Waals surface area contributed by atoms with E-state index < -0.39 is 0 Å². The number of methoxy groups -OCH3 is 1. The Morgan fingerprint density at radius 1 is 1.16 bits per heavy atom. The minimum Gasteiger partial charge on any atom is -0.496 e. The fourth-order valence-electron chi connectivity index (χ4n) is 4.75. The summed E-state index contributed by atoms with van der Waals surface area (Å²) in [6.07, 6.45) is 8.46. The lowest BCUT2D eigenvalue weighted by Gasteiger charge is -2.29. The molecule has 3 aromatic rings. The third-order valence-corrected chi connectivity index (χ3v) is 6.49. The third-order valence-electron chi connectivity index (χ3n) is 6.49. The molecule has 0 bridgehead atoms. The van der Waals surface area contributed by atoms with Gasteiger partial charge in [-0.1, -0.05) is 12.1 Å². The number of nitrogens with one attached hydrogen (secondary N) is 2. The first-order chi connectivity index (χ1) is 15.1. The van der Waals surface area contributed by atoms with Crippen molar-refractivity contribution in [2.45, 2.75) is 45.4 Å². The Kier molecular flexibility index (Phi) is 6.40. The lowest BCUT2D eigenvalue weighted by Crippen LogP contribution is -2.31. The first-order valence-corrected chi connectivity index (χ1v) is 11.1. The van der Waals surface area contributed by atoms with Gasteiger partial charge in [-0.15, -0.1) is 0 Å². The van der Waals surface area contributed by atoms with Gasteiger partial charge in [-0.25, -0.2) is 0 Å². The van der Waals surface area contributed by atoms with E-state index in [4.69, 9.17) is 4.74 Å². The number of aromatic amines is 1. The molecule has 2 heterocycles. The van der Waals surface area contributed by atoms with Gasteiger partial charge in [0.25, 0.3) is 5.91 Å². The fraction of sp³-hybridized carbons (Fsp3) is 0.385. The number of pyridine rings is 1. The summed E-state index contributed by atoms with van der Waals surface area (Å²) in [5.74, 6) is 1.83. The number of aromatic nitrogens is 2. The van der Waals surface area contributed by atoms with Crippen LogP contribution in [0.3, 0.4) is 0 Å². The Balaban J connectivity index is 1.39. The smallest absolute Gasteiger partial charge is 0.253 e. The lowest BCUT2D eigenvalue weighted by molar-refractivity contribution is 0.0943. The molecule has 0 unspecified atom stereocenters. The molecule has 1 fully saturated rings. The Labute approximate surface area is 184 Å². The standard InChI is InChI=1S/C26H31N3O2/c1-17-12-13-27-16-23(17)20-10-8-19(9-11-20)15-28-26(30)22-14-18(2)29-25(22)21-6-4-5-7-24(21)31-3/h4-7,12-14,16,19-20,29H,8-11,15H2,1-3H3,(H,28,30). The summed E-state index contributed by atoms with van der Waals surface area (Å²) in [7, 11) is 1.65. The van der Waals surface area contributed by atoms with Gasteiger partial charge < -0.3 is 15.0 Å². The van der Waals surface area contributed by atoms with Crippen LogP contribution in [-0.4, -0.2) is 29.5 Å². The molecule has 1 aliphatic carbocycles. The van der Waals surface area contributed by atoms with Gasteiger partial charge in [-0.05, 0) is 86.8 Å². The molecule has 1 aromatic carbocycles. The van der Waals surface area contributed by atoms with Crippen molar-refractivity contribution in [3.63, 3.8) is 0 Å². The van der Waals surface area contributed by atoms with Crippen molar-refractivity contribution in [1.29, 1.82) is 0 Å². The van der Waals surface area contributed by atoms with E-state index in [-0.39, 0.29) is 5.91 Å². The maximum Gasteiger partial charge on any atom is 0.253 e. The maximum absolute atomic E-state index is 13.0. The summed E-state index contributed by atoms with van der Waals surface area (Å²) in [6.45, 7) is 4.85. The van der Waals surface area contributed by atoms with Gasteiger partial charge in [0.15, 0.2) is 0 Å². The lowest BCUT2D eigenvalue weighted by atomic mass is 9.78. The van der Waals surface area contributed by atoms with E-state index in [1.807, 2.05) is 49.6 Å². The molecule has 162 valence electrons. The number of benzene rings is 1. The molecule has 4 rings (SSSR count). The summed E-state index contributed by atoms with van der Waals surface area (Å²) in [5, 5.41) is 3.18. The number of carbonyl (C=O) groups is 1. The molecule has 5 nitrogen and oxygen atoms in total. The number of rotatable bonds is 6. The summed E-state index contributed by atoms with van der Waals surface area (Å²) in [4.78, 5) is 20.7. The maximum atomic E-state index is 13.0. The number of para-hydroxylation sites is 1. The van der Waals surface area contributed by atoms with Crippen LogP contribution in [0.25, 0.3) is 11.3 Å². The zero-order valence-corrected chi connectivity index (χ0v) is 18.6. The van der Waals surface area contributed by atoms with Gasteiger partial charge in [-0.3, -0.25) is 9.78 Å². The van der Waals surface area contributed by atoms with E-state index >= 15 is 0 Å². The van der Waals surface area contributed by atoms with Gasteiger partial charge in [0.1, 0.15) is 5.75 Å². The van der Waals surface area contributed by atoms with E-state index in [9.17, 15) is 4.79 Å². The molecule has 0 radical (unpaired) electrons. The Bertz CT molecular complexity index is 1050. The summed E-state index contributed by atoms with van der Waals surface area (Å²) in [6, 6.07) is 11.8. The van der Waals surface area contributed by atoms with Crippen LogP contribution in [-0.2, 0) is 0 Å². The van der Waals surface area contributed by atoms with Crippen LogP contribution in [0.4, 0.5) is 0 Å². The molecule has 1 aliphatic rings. The van der Waals surface area contributed by atoms with Crippen molar-refractivity contribution in [3.8, 4) is 17.0 Å². The average Bonchev–Trinajstić information content (AvgIpc) is 3.20. The number of ether oxygens (including phenoxy) is 1. The average molecular weight is 418 g/mol. The van der Waals surface area contributed by atoms with Crippen molar-refractivity contribution >= 4 is 5.91 Å². The van der Waals surface area contributed by atoms with E-state index in [1.165, 1.54) is 11.1 Å². The monoisotopic (exact) mass is 417 g/mol. The minimum atomic E-state index is -0.0320. The van der Waals surface area contributed by atoms with Crippen molar-refractivity contribution in [2.75, 3.05) is 13.7 Å². The van der Waals surface area contributed by atoms with Gasteiger partial charge in [0.2, 0.25) is 0 Å². The van der Waals surface area contributed by atoms with Crippen molar-refractivity contribution in [3.05, 3.63) is 71.2 Å². The van der Waals surface area contributed by atoms with Crippen molar-refractivity contribution in [1.82, 2.24) is 15.3 Å². The molecule has 1 amide bonds. The molecule has 2 N–H and O–H groups in total. The van der Waals surface area contributed by atoms with Crippen LogP contribution in [0.15, 0.2) is 48.8 Å². The molecule has 1 saturated carbocycles. The second-order valence-electron chi connectivity index (χ2n) is 8.60.